The molecule has 0 atom stereocenters. The van der Waals surface area contributed by atoms with E-state index in [0.717, 1.165) is 27.7 Å². The van der Waals surface area contributed by atoms with Gasteiger partial charge in [0, 0.05) is 17.8 Å². The number of amides is 1. The number of anilines is 1. The third-order valence-corrected chi connectivity index (χ3v) is 4.95. The Morgan fingerprint density at radius 1 is 1.36 bits per heavy atom. The summed E-state index contributed by atoms with van der Waals surface area (Å²) in [6.45, 7) is 0.425. The SMILES string of the molecule is COC(=O)N(C)c1ccccc1CSC1=Nc2cc(Cl)ccc2OC1. The Labute approximate surface area is 155 Å². The largest absolute Gasteiger partial charge is 0.484 e. The van der Waals surface area contributed by atoms with Gasteiger partial charge in [0.05, 0.1) is 12.8 Å². The van der Waals surface area contributed by atoms with E-state index in [1.165, 1.54) is 12.0 Å². The molecule has 2 aromatic rings. The fourth-order valence-corrected chi connectivity index (χ4v) is 3.47. The Kier molecular flexibility index (Phi) is 5.50. The number of para-hydroxylation sites is 1. The molecule has 0 bridgehead atoms. The van der Waals surface area contributed by atoms with Crippen LogP contribution < -0.4 is 9.64 Å². The molecule has 1 heterocycles. The van der Waals surface area contributed by atoms with Crippen molar-refractivity contribution in [3.63, 3.8) is 0 Å². The lowest BCUT2D eigenvalue weighted by Crippen LogP contribution is -2.26. The number of fused-ring (bicyclic) bond motifs is 1. The second-order valence-electron chi connectivity index (χ2n) is 5.35. The first kappa shape index (κ1) is 17.6. The summed E-state index contributed by atoms with van der Waals surface area (Å²) in [4.78, 5) is 17.9. The first-order valence-electron chi connectivity index (χ1n) is 7.61. The lowest BCUT2D eigenvalue weighted by Gasteiger charge is -2.20. The van der Waals surface area contributed by atoms with Crippen molar-refractivity contribution in [3.05, 3.63) is 53.1 Å². The average molecular weight is 377 g/mol. The Balaban J connectivity index is 1.76. The zero-order chi connectivity index (χ0) is 17.8. The van der Waals surface area contributed by atoms with E-state index < -0.39 is 6.09 Å². The summed E-state index contributed by atoms with van der Waals surface area (Å²) < 4.78 is 10.5. The van der Waals surface area contributed by atoms with Crippen molar-refractivity contribution in [2.75, 3.05) is 25.7 Å². The van der Waals surface area contributed by atoms with E-state index in [0.29, 0.717) is 17.4 Å². The molecule has 0 saturated heterocycles. The van der Waals surface area contributed by atoms with Gasteiger partial charge in [0.2, 0.25) is 0 Å². The maximum Gasteiger partial charge on any atom is 0.413 e. The summed E-state index contributed by atoms with van der Waals surface area (Å²) in [7, 11) is 3.06. The highest BCUT2D eigenvalue weighted by Gasteiger charge is 2.17. The Hall–Kier alpha value is -2.18. The summed E-state index contributed by atoms with van der Waals surface area (Å²) in [6.07, 6.45) is -0.403. The van der Waals surface area contributed by atoms with Gasteiger partial charge < -0.3 is 9.47 Å². The lowest BCUT2D eigenvalue weighted by molar-refractivity contribution is 0.180. The molecule has 0 radical (unpaired) electrons. The highest BCUT2D eigenvalue weighted by molar-refractivity contribution is 8.13. The smallest absolute Gasteiger partial charge is 0.413 e. The number of benzene rings is 2. The summed E-state index contributed by atoms with van der Waals surface area (Å²) in [5, 5.41) is 1.49. The molecule has 3 rings (SSSR count). The molecule has 1 aliphatic rings. The normalized spacial score (nSPS) is 12.7. The van der Waals surface area contributed by atoms with Crippen LogP contribution in [0.2, 0.25) is 5.02 Å². The Bertz CT molecular complexity index is 826. The molecule has 0 N–H and O–H groups in total. The van der Waals surface area contributed by atoms with E-state index in [9.17, 15) is 4.79 Å². The van der Waals surface area contributed by atoms with Crippen LogP contribution in [-0.4, -0.2) is 31.9 Å². The van der Waals surface area contributed by atoms with Crippen molar-refractivity contribution >= 4 is 45.9 Å². The zero-order valence-corrected chi connectivity index (χ0v) is 15.4. The molecule has 0 unspecified atom stereocenters. The van der Waals surface area contributed by atoms with Crippen LogP contribution >= 0.6 is 23.4 Å². The van der Waals surface area contributed by atoms with Crippen LogP contribution in [0.5, 0.6) is 5.75 Å². The number of ether oxygens (including phenoxy) is 2. The van der Waals surface area contributed by atoms with Gasteiger partial charge in [-0.2, -0.15) is 0 Å². The van der Waals surface area contributed by atoms with Crippen molar-refractivity contribution < 1.29 is 14.3 Å². The van der Waals surface area contributed by atoms with E-state index in [4.69, 9.17) is 21.1 Å². The molecule has 0 aromatic heterocycles. The predicted octanol–water partition coefficient (Wildman–Crippen LogP) is 4.90. The van der Waals surface area contributed by atoms with Crippen LogP contribution in [0.1, 0.15) is 5.56 Å². The van der Waals surface area contributed by atoms with Crippen LogP contribution in [0.3, 0.4) is 0 Å². The molecule has 5 nitrogen and oxygen atoms in total. The molecule has 1 aliphatic heterocycles. The molecule has 0 spiro atoms. The van der Waals surface area contributed by atoms with Gasteiger partial charge in [-0.1, -0.05) is 29.8 Å². The van der Waals surface area contributed by atoms with Crippen molar-refractivity contribution in [2.24, 2.45) is 4.99 Å². The van der Waals surface area contributed by atoms with Gasteiger partial charge in [0.1, 0.15) is 23.1 Å². The Morgan fingerprint density at radius 3 is 2.96 bits per heavy atom. The number of hydrogen-bond donors (Lipinski definition) is 0. The molecular weight excluding hydrogens is 360 g/mol. The minimum Gasteiger partial charge on any atom is -0.484 e. The summed E-state index contributed by atoms with van der Waals surface area (Å²) in [5.74, 6) is 1.40. The number of aliphatic imine (C=N–C) groups is 1. The summed E-state index contributed by atoms with van der Waals surface area (Å²) in [5.41, 5.74) is 2.56. The van der Waals surface area contributed by atoms with Crippen LogP contribution in [0, 0.1) is 0 Å². The highest BCUT2D eigenvalue weighted by atomic mass is 35.5. The first-order valence-corrected chi connectivity index (χ1v) is 8.97. The third-order valence-electron chi connectivity index (χ3n) is 3.71. The molecule has 0 aliphatic carbocycles. The number of halogens is 1. The molecule has 130 valence electrons. The van der Waals surface area contributed by atoms with Gasteiger partial charge in [-0.3, -0.25) is 4.90 Å². The van der Waals surface area contributed by atoms with Crippen molar-refractivity contribution in [1.82, 2.24) is 0 Å². The molecule has 0 saturated carbocycles. The fraction of sp³-hybridized carbons (Fsp3) is 0.222. The van der Waals surface area contributed by atoms with Crippen molar-refractivity contribution in [2.45, 2.75) is 5.75 Å². The van der Waals surface area contributed by atoms with E-state index in [1.54, 1.807) is 30.9 Å². The molecule has 25 heavy (non-hydrogen) atoms. The van der Waals surface area contributed by atoms with Gasteiger partial charge in [-0.05, 0) is 29.8 Å². The number of carbonyl (C=O) groups is 1. The summed E-state index contributed by atoms with van der Waals surface area (Å²) in [6, 6.07) is 13.1. The maximum absolute atomic E-state index is 11.8. The summed E-state index contributed by atoms with van der Waals surface area (Å²) >= 11 is 7.59. The number of nitrogens with zero attached hydrogens (tertiary/aromatic N) is 2. The van der Waals surface area contributed by atoms with Crippen LogP contribution in [0.15, 0.2) is 47.5 Å². The van der Waals surface area contributed by atoms with E-state index >= 15 is 0 Å². The minimum absolute atomic E-state index is 0.403. The van der Waals surface area contributed by atoms with E-state index in [2.05, 4.69) is 4.99 Å². The number of hydrogen-bond acceptors (Lipinski definition) is 5. The number of rotatable bonds is 3. The Morgan fingerprint density at radius 2 is 2.16 bits per heavy atom. The van der Waals surface area contributed by atoms with Gasteiger partial charge in [0.15, 0.2) is 0 Å². The van der Waals surface area contributed by atoms with Gasteiger partial charge >= 0.3 is 6.09 Å². The number of carbonyl (C=O) groups excluding carboxylic acids is 1. The van der Waals surface area contributed by atoms with E-state index in [-0.39, 0.29) is 0 Å². The second-order valence-corrected chi connectivity index (χ2v) is 6.84. The molecular formula is C18H17ClN2O3S. The molecule has 2 aromatic carbocycles. The lowest BCUT2D eigenvalue weighted by atomic mass is 10.2. The average Bonchev–Trinajstić information content (AvgIpc) is 2.65. The van der Waals surface area contributed by atoms with Crippen LogP contribution in [0.25, 0.3) is 0 Å². The maximum atomic E-state index is 11.8. The van der Waals surface area contributed by atoms with Crippen LogP contribution in [0.4, 0.5) is 16.2 Å². The number of methoxy groups -OCH3 is 1. The number of thioether (sulfide) groups is 1. The van der Waals surface area contributed by atoms with Gasteiger partial charge in [-0.25, -0.2) is 9.79 Å². The highest BCUT2D eigenvalue weighted by Crippen LogP contribution is 2.35. The van der Waals surface area contributed by atoms with Gasteiger partial charge in [-0.15, -0.1) is 11.8 Å². The first-order chi connectivity index (χ1) is 12.1. The third kappa shape index (κ3) is 4.08. The molecule has 1 amide bonds. The standard InChI is InChI=1S/C18H17ClN2O3S/c1-21(18(22)23-2)15-6-4-3-5-12(15)11-25-17-10-24-16-8-7-13(19)9-14(16)20-17/h3-9H,10-11H2,1-2H3. The predicted molar refractivity (Wildman–Crippen MR) is 103 cm³/mol. The van der Waals surface area contributed by atoms with Crippen molar-refractivity contribution in [1.29, 1.82) is 0 Å². The topological polar surface area (TPSA) is 51.1 Å². The molecule has 0 fully saturated rings. The van der Waals surface area contributed by atoms with E-state index in [1.807, 2.05) is 30.3 Å². The second kappa shape index (κ2) is 7.80. The molecule has 7 heteroatoms. The zero-order valence-electron chi connectivity index (χ0n) is 13.9. The fourth-order valence-electron chi connectivity index (χ4n) is 2.44. The van der Waals surface area contributed by atoms with Gasteiger partial charge in [0.25, 0.3) is 0 Å². The van der Waals surface area contributed by atoms with Crippen LogP contribution in [-0.2, 0) is 10.5 Å². The van der Waals surface area contributed by atoms with Crippen molar-refractivity contribution in [3.8, 4) is 5.75 Å². The quantitative estimate of drug-likeness (QED) is 0.764. The minimum atomic E-state index is -0.403. The monoisotopic (exact) mass is 376 g/mol.